The molecule has 1 saturated carbocycles. The summed E-state index contributed by atoms with van der Waals surface area (Å²) in [5, 5.41) is 14.7. The number of hydrogen-bond donors (Lipinski definition) is 3. The van der Waals surface area contributed by atoms with E-state index in [1.54, 1.807) is 43.3 Å². The first-order valence-electron chi connectivity index (χ1n) is 9.37. The summed E-state index contributed by atoms with van der Waals surface area (Å²) in [5.74, 6) is -0.957. The number of amides is 2. The average molecular weight is 380 g/mol. The third-order valence-corrected chi connectivity index (χ3v) is 5.04. The summed E-state index contributed by atoms with van der Waals surface area (Å²) < 4.78 is 0. The Morgan fingerprint density at radius 3 is 2.07 bits per heavy atom. The van der Waals surface area contributed by atoms with Crippen LogP contribution in [0, 0.1) is 17.8 Å². The zero-order valence-electron chi connectivity index (χ0n) is 15.9. The number of hydrogen-bond acceptors (Lipinski definition) is 3. The van der Waals surface area contributed by atoms with Crippen molar-refractivity contribution in [1.29, 1.82) is 0 Å². The first-order chi connectivity index (χ1) is 13.3. The van der Waals surface area contributed by atoms with Gasteiger partial charge < -0.3 is 15.7 Å². The third-order valence-electron chi connectivity index (χ3n) is 5.04. The second-order valence-corrected chi connectivity index (χ2v) is 7.48. The van der Waals surface area contributed by atoms with Crippen molar-refractivity contribution in [2.75, 3.05) is 10.6 Å². The van der Waals surface area contributed by atoms with E-state index >= 15 is 0 Å². The lowest BCUT2D eigenvalue weighted by Crippen LogP contribution is -2.15. The Kier molecular flexibility index (Phi) is 5.78. The maximum atomic E-state index is 12.4. The van der Waals surface area contributed by atoms with Crippen molar-refractivity contribution in [1.82, 2.24) is 0 Å². The molecule has 0 aliphatic heterocycles. The van der Waals surface area contributed by atoms with Crippen LogP contribution in [0.4, 0.5) is 11.4 Å². The Morgan fingerprint density at radius 2 is 1.54 bits per heavy atom. The van der Waals surface area contributed by atoms with Crippen molar-refractivity contribution >= 4 is 29.2 Å². The van der Waals surface area contributed by atoms with E-state index in [-0.39, 0.29) is 17.7 Å². The number of carbonyl (C=O) groups excluding carboxylic acids is 2. The second kappa shape index (κ2) is 8.25. The van der Waals surface area contributed by atoms with E-state index in [4.69, 9.17) is 5.11 Å². The Hall–Kier alpha value is -3.15. The predicted octanol–water partition coefficient (Wildman–Crippen LogP) is 3.80. The maximum Gasteiger partial charge on any atom is 0.306 e. The molecule has 3 atom stereocenters. The highest BCUT2D eigenvalue weighted by molar-refractivity contribution is 6.04. The topological polar surface area (TPSA) is 95.5 Å². The normalized spacial score (nSPS) is 18.8. The molecule has 3 rings (SSSR count). The molecule has 3 unspecified atom stereocenters. The van der Waals surface area contributed by atoms with Crippen molar-refractivity contribution in [2.24, 2.45) is 17.8 Å². The van der Waals surface area contributed by atoms with E-state index < -0.39 is 11.9 Å². The van der Waals surface area contributed by atoms with Gasteiger partial charge in [-0.3, -0.25) is 14.4 Å². The van der Waals surface area contributed by atoms with Crippen LogP contribution in [0.5, 0.6) is 0 Å². The quantitative estimate of drug-likeness (QED) is 0.681. The first-order valence-corrected chi connectivity index (χ1v) is 9.37. The molecule has 1 fully saturated rings. The molecule has 146 valence electrons. The Morgan fingerprint density at radius 1 is 1.00 bits per heavy atom. The standard InChI is InChI=1S/C22H24N2O4/c1-13-12-19(13)21(26)24-18-9-5-16(6-10-18)20(25)23-17-7-3-15(4-8-17)11-14(2)22(27)28/h3-10,13-14,19H,11-12H2,1-2H3,(H,23,25)(H,24,26)(H,27,28). The molecule has 0 saturated heterocycles. The minimum atomic E-state index is -0.830. The van der Waals surface area contributed by atoms with Crippen LogP contribution in [-0.4, -0.2) is 22.9 Å². The molecule has 0 heterocycles. The fourth-order valence-electron chi connectivity index (χ4n) is 3.00. The highest BCUT2D eigenvalue weighted by Crippen LogP contribution is 2.38. The van der Waals surface area contributed by atoms with Crippen LogP contribution in [0.15, 0.2) is 48.5 Å². The zero-order valence-corrected chi connectivity index (χ0v) is 15.9. The minimum absolute atomic E-state index is 0.0296. The fraction of sp³-hybridized carbons (Fsp3) is 0.318. The molecule has 0 bridgehead atoms. The molecule has 2 aromatic rings. The van der Waals surface area contributed by atoms with Gasteiger partial charge in [0.1, 0.15) is 0 Å². The monoisotopic (exact) mass is 380 g/mol. The number of carbonyl (C=O) groups is 3. The molecule has 0 radical (unpaired) electrons. The highest BCUT2D eigenvalue weighted by Gasteiger charge is 2.39. The summed E-state index contributed by atoms with van der Waals surface area (Å²) in [4.78, 5) is 35.3. The van der Waals surface area contributed by atoms with Crippen LogP contribution < -0.4 is 10.6 Å². The molecule has 2 amide bonds. The van der Waals surface area contributed by atoms with Crippen LogP contribution >= 0.6 is 0 Å². The summed E-state index contributed by atoms with van der Waals surface area (Å²) in [5.41, 5.74) is 2.70. The summed E-state index contributed by atoms with van der Waals surface area (Å²) >= 11 is 0. The lowest BCUT2D eigenvalue weighted by atomic mass is 10.0. The van der Waals surface area contributed by atoms with Crippen LogP contribution in [0.3, 0.4) is 0 Å². The Labute approximate surface area is 164 Å². The minimum Gasteiger partial charge on any atom is -0.481 e. The largest absolute Gasteiger partial charge is 0.481 e. The summed E-state index contributed by atoms with van der Waals surface area (Å²) in [6.07, 6.45) is 1.37. The maximum absolute atomic E-state index is 12.4. The van der Waals surface area contributed by atoms with Gasteiger partial charge >= 0.3 is 5.97 Å². The summed E-state index contributed by atoms with van der Waals surface area (Å²) in [6, 6.07) is 13.9. The molecule has 0 aromatic heterocycles. The predicted molar refractivity (Wildman–Crippen MR) is 107 cm³/mol. The molecular formula is C22H24N2O4. The van der Waals surface area contributed by atoms with Gasteiger partial charge in [-0.05, 0) is 60.7 Å². The summed E-state index contributed by atoms with van der Waals surface area (Å²) in [7, 11) is 0. The number of aliphatic carboxylic acids is 1. The van der Waals surface area contributed by atoms with Crippen molar-refractivity contribution in [3.8, 4) is 0 Å². The van der Waals surface area contributed by atoms with Crippen LogP contribution in [0.1, 0.15) is 36.2 Å². The molecule has 1 aliphatic carbocycles. The average Bonchev–Trinajstić information content (AvgIpc) is 3.40. The van der Waals surface area contributed by atoms with Gasteiger partial charge in [0.2, 0.25) is 5.91 Å². The van der Waals surface area contributed by atoms with Gasteiger partial charge in [0.05, 0.1) is 5.92 Å². The van der Waals surface area contributed by atoms with Crippen molar-refractivity contribution in [3.05, 3.63) is 59.7 Å². The SMILES string of the molecule is CC(Cc1ccc(NC(=O)c2ccc(NC(=O)C3CC3C)cc2)cc1)C(=O)O. The number of benzene rings is 2. The van der Waals surface area contributed by atoms with E-state index in [1.165, 1.54) is 0 Å². The molecule has 6 heteroatoms. The highest BCUT2D eigenvalue weighted by atomic mass is 16.4. The van der Waals surface area contributed by atoms with Gasteiger partial charge in [-0.25, -0.2) is 0 Å². The van der Waals surface area contributed by atoms with Gasteiger partial charge in [-0.2, -0.15) is 0 Å². The lowest BCUT2D eigenvalue weighted by Gasteiger charge is -2.09. The van der Waals surface area contributed by atoms with Crippen LogP contribution in [-0.2, 0) is 16.0 Å². The van der Waals surface area contributed by atoms with E-state index in [0.29, 0.717) is 29.3 Å². The number of carboxylic acids is 1. The number of nitrogens with one attached hydrogen (secondary N) is 2. The molecule has 0 spiro atoms. The van der Waals surface area contributed by atoms with Crippen molar-refractivity contribution in [2.45, 2.75) is 26.7 Å². The van der Waals surface area contributed by atoms with Gasteiger partial charge in [-0.15, -0.1) is 0 Å². The Balaban J connectivity index is 1.55. The van der Waals surface area contributed by atoms with E-state index in [0.717, 1.165) is 12.0 Å². The smallest absolute Gasteiger partial charge is 0.306 e. The molecule has 28 heavy (non-hydrogen) atoms. The van der Waals surface area contributed by atoms with E-state index in [9.17, 15) is 14.4 Å². The number of rotatable bonds is 7. The second-order valence-electron chi connectivity index (χ2n) is 7.48. The third kappa shape index (κ3) is 4.97. The van der Waals surface area contributed by atoms with E-state index in [1.807, 2.05) is 12.1 Å². The van der Waals surface area contributed by atoms with Gasteiger partial charge in [-0.1, -0.05) is 26.0 Å². The molecular weight excluding hydrogens is 356 g/mol. The Bertz CT molecular complexity index is 874. The van der Waals surface area contributed by atoms with Gasteiger partial charge in [0, 0.05) is 22.9 Å². The van der Waals surface area contributed by atoms with Crippen molar-refractivity contribution < 1.29 is 19.5 Å². The first kappa shape index (κ1) is 19.6. The summed E-state index contributed by atoms with van der Waals surface area (Å²) in [6.45, 7) is 3.71. The molecule has 3 N–H and O–H groups in total. The van der Waals surface area contributed by atoms with Crippen LogP contribution in [0.2, 0.25) is 0 Å². The van der Waals surface area contributed by atoms with Gasteiger partial charge in [0.25, 0.3) is 5.91 Å². The van der Waals surface area contributed by atoms with Gasteiger partial charge in [0.15, 0.2) is 0 Å². The fourth-order valence-corrected chi connectivity index (χ4v) is 3.00. The zero-order chi connectivity index (χ0) is 20.3. The number of carboxylic acid groups (broad SMARTS) is 1. The van der Waals surface area contributed by atoms with Crippen LogP contribution in [0.25, 0.3) is 0 Å². The lowest BCUT2D eigenvalue weighted by molar-refractivity contribution is -0.141. The molecule has 1 aliphatic rings. The molecule has 6 nitrogen and oxygen atoms in total. The number of anilines is 2. The molecule has 2 aromatic carbocycles. The van der Waals surface area contributed by atoms with Crippen molar-refractivity contribution in [3.63, 3.8) is 0 Å². The van der Waals surface area contributed by atoms with E-state index in [2.05, 4.69) is 17.6 Å².